The van der Waals surface area contributed by atoms with Crippen LogP contribution >= 0.6 is 0 Å². The zero-order valence-electron chi connectivity index (χ0n) is 18.4. The second-order valence-corrected chi connectivity index (χ2v) is 7.77. The van der Waals surface area contributed by atoms with Gasteiger partial charge in [0.15, 0.2) is 0 Å². The summed E-state index contributed by atoms with van der Waals surface area (Å²) < 4.78 is 16.5. The van der Waals surface area contributed by atoms with Gasteiger partial charge < -0.3 is 24.6 Å². The molecule has 8 heteroatoms. The molecule has 0 radical (unpaired) electrons. The van der Waals surface area contributed by atoms with E-state index in [1.54, 1.807) is 31.4 Å². The highest BCUT2D eigenvalue weighted by molar-refractivity contribution is 5.88. The molecule has 0 bridgehead atoms. The van der Waals surface area contributed by atoms with Crippen LogP contribution in [0.3, 0.4) is 0 Å². The van der Waals surface area contributed by atoms with Crippen molar-refractivity contribution >= 4 is 11.9 Å². The van der Waals surface area contributed by atoms with Gasteiger partial charge in [0, 0.05) is 25.8 Å². The number of hydrogen-bond acceptors (Lipinski definition) is 6. The molecular formula is C24H30N2O6. The topological polar surface area (TPSA) is 106 Å². The molecule has 1 unspecified atom stereocenters. The summed E-state index contributed by atoms with van der Waals surface area (Å²) in [6.07, 6.45) is 1.12. The van der Waals surface area contributed by atoms with Crippen LogP contribution in [0.5, 0.6) is 11.5 Å². The molecule has 2 aromatic carbocycles. The standard InChI is InChI=1S/C24H30N2O6/c1-17(18-6-8-19(9-7-18)22(27)28)26-23(29)24(10-13-31-14-11-24)25-12-15-32-21-5-3-4-20(16-21)30-2/h3-9,16-17,25H,10-15H2,1-2H3,(H,26,29)(H,27,28). The van der Waals surface area contributed by atoms with Gasteiger partial charge in [0.05, 0.1) is 18.7 Å². The molecule has 1 aliphatic rings. The van der Waals surface area contributed by atoms with Crippen molar-refractivity contribution < 1.29 is 28.9 Å². The van der Waals surface area contributed by atoms with Crippen LogP contribution in [0.4, 0.5) is 0 Å². The summed E-state index contributed by atoms with van der Waals surface area (Å²) in [6.45, 7) is 3.77. The van der Waals surface area contributed by atoms with Gasteiger partial charge in [-0.2, -0.15) is 0 Å². The number of carboxylic acids is 1. The third-order valence-electron chi connectivity index (χ3n) is 5.66. The summed E-state index contributed by atoms with van der Waals surface area (Å²) in [7, 11) is 1.61. The Kier molecular flexibility index (Phi) is 8.08. The summed E-state index contributed by atoms with van der Waals surface area (Å²) in [5, 5.41) is 15.5. The van der Waals surface area contributed by atoms with Crippen molar-refractivity contribution in [3.05, 3.63) is 59.7 Å². The van der Waals surface area contributed by atoms with Crippen LogP contribution in [0, 0.1) is 0 Å². The van der Waals surface area contributed by atoms with Crippen molar-refractivity contribution in [2.45, 2.75) is 31.3 Å². The number of methoxy groups -OCH3 is 1. The number of ether oxygens (including phenoxy) is 3. The number of hydrogen-bond donors (Lipinski definition) is 3. The minimum Gasteiger partial charge on any atom is -0.497 e. The molecule has 1 aliphatic heterocycles. The first-order valence-corrected chi connectivity index (χ1v) is 10.7. The Morgan fingerprint density at radius 2 is 1.81 bits per heavy atom. The highest BCUT2D eigenvalue weighted by Gasteiger charge is 2.40. The summed E-state index contributed by atoms with van der Waals surface area (Å²) in [5.41, 5.74) is 0.309. The Balaban J connectivity index is 1.58. The predicted octanol–water partition coefficient (Wildman–Crippen LogP) is 2.79. The maximum absolute atomic E-state index is 13.2. The number of carboxylic acid groups (broad SMARTS) is 1. The lowest BCUT2D eigenvalue weighted by Gasteiger charge is -2.37. The lowest BCUT2D eigenvalue weighted by molar-refractivity contribution is -0.132. The molecule has 1 saturated heterocycles. The molecule has 0 aliphatic carbocycles. The molecule has 0 spiro atoms. The number of benzene rings is 2. The Labute approximate surface area is 187 Å². The first-order valence-electron chi connectivity index (χ1n) is 10.7. The van der Waals surface area contributed by atoms with E-state index in [-0.39, 0.29) is 17.5 Å². The Hall–Kier alpha value is -3.10. The number of carbonyl (C=O) groups excluding carboxylic acids is 1. The first-order chi connectivity index (χ1) is 15.4. The van der Waals surface area contributed by atoms with Crippen molar-refractivity contribution in [1.82, 2.24) is 10.6 Å². The molecular weight excluding hydrogens is 412 g/mol. The van der Waals surface area contributed by atoms with E-state index in [4.69, 9.17) is 19.3 Å². The van der Waals surface area contributed by atoms with Gasteiger partial charge >= 0.3 is 5.97 Å². The fourth-order valence-corrected chi connectivity index (χ4v) is 3.69. The number of nitrogens with one attached hydrogen (secondary N) is 2. The minimum atomic E-state index is -0.977. The van der Waals surface area contributed by atoms with Gasteiger partial charge in [-0.15, -0.1) is 0 Å². The monoisotopic (exact) mass is 442 g/mol. The number of carbonyl (C=O) groups is 2. The summed E-state index contributed by atoms with van der Waals surface area (Å²) in [5.74, 6) is 0.350. The smallest absolute Gasteiger partial charge is 0.335 e. The third kappa shape index (κ3) is 5.99. The predicted molar refractivity (Wildman–Crippen MR) is 119 cm³/mol. The highest BCUT2D eigenvalue weighted by Crippen LogP contribution is 2.24. The van der Waals surface area contributed by atoms with Crippen LogP contribution < -0.4 is 20.1 Å². The van der Waals surface area contributed by atoms with E-state index in [0.717, 1.165) is 11.3 Å². The largest absolute Gasteiger partial charge is 0.497 e. The molecule has 32 heavy (non-hydrogen) atoms. The number of amides is 1. The maximum Gasteiger partial charge on any atom is 0.335 e. The molecule has 3 rings (SSSR count). The molecule has 8 nitrogen and oxygen atoms in total. The third-order valence-corrected chi connectivity index (χ3v) is 5.66. The SMILES string of the molecule is COc1cccc(OCCNC2(C(=O)NC(C)c3ccc(C(=O)O)cc3)CCOCC2)c1. The highest BCUT2D eigenvalue weighted by atomic mass is 16.5. The van der Waals surface area contributed by atoms with Crippen molar-refractivity contribution in [1.29, 1.82) is 0 Å². The van der Waals surface area contributed by atoms with Crippen molar-refractivity contribution in [3.8, 4) is 11.5 Å². The van der Waals surface area contributed by atoms with Gasteiger partial charge in [-0.25, -0.2) is 4.79 Å². The van der Waals surface area contributed by atoms with Gasteiger partial charge in [0.1, 0.15) is 23.6 Å². The van der Waals surface area contributed by atoms with E-state index >= 15 is 0 Å². The molecule has 0 saturated carbocycles. The number of aromatic carboxylic acids is 1. The summed E-state index contributed by atoms with van der Waals surface area (Å²) in [4.78, 5) is 24.3. The lowest BCUT2D eigenvalue weighted by atomic mass is 9.88. The Morgan fingerprint density at radius 3 is 2.47 bits per heavy atom. The Bertz CT molecular complexity index is 909. The van der Waals surface area contributed by atoms with E-state index in [2.05, 4.69) is 10.6 Å². The number of rotatable bonds is 10. The zero-order chi connectivity index (χ0) is 23.0. The molecule has 1 amide bonds. The van der Waals surface area contributed by atoms with Crippen LogP contribution in [0.1, 0.15) is 41.7 Å². The van der Waals surface area contributed by atoms with Gasteiger partial charge in [-0.3, -0.25) is 10.1 Å². The fourth-order valence-electron chi connectivity index (χ4n) is 3.69. The van der Waals surface area contributed by atoms with Crippen LogP contribution in [0.15, 0.2) is 48.5 Å². The second kappa shape index (κ2) is 11.0. The Morgan fingerprint density at radius 1 is 1.12 bits per heavy atom. The van der Waals surface area contributed by atoms with Crippen molar-refractivity contribution in [3.63, 3.8) is 0 Å². The normalized spacial score (nSPS) is 16.1. The quantitative estimate of drug-likeness (QED) is 0.486. The van der Waals surface area contributed by atoms with E-state index in [0.29, 0.717) is 45.0 Å². The summed E-state index contributed by atoms with van der Waals surface area (Å²) >= 11 is 0. The molecule has 3 N–H and O–H groups in total. The lowest BCUT2D eigenvalue weighted by Crippen LogP contribution is -2.60. The average molecular weight is 443 g/mol. The second-order valence-electron chi connectivity index (χ2n) is 7.77. The average Bonchev–Trinajstić information content (AvgIpc) is 2.82. The van der Waals surface area contributed by atoms with E-state index in [1.807, 2.05) is 31.2 Å². The van der Waals surface area contributed by atoms with Crippen LogP contribution in [0.2, 0.25) is 0 Å². The minimum absolute atomic E-state index is 0.100. The van der Waals surface area contributed by atoms with Gasteiger partial charge in [0.25, 0.3) is 0 Å². The van der Waals surface area contributed by atoms with Crippen LogP contribution in [-0.4, -0.2) is 56.0 Å². The molecule has 1 fully saturated rings. The maximum atomic E-state index is 13.2. The van der Waals surface area contributed by atoms with Gasteiger partial charge in [0.2, 0.25) is 5.91 Å². The van der Waals surface area contributed by atoms with Crippen molar-refractivity contribution in [2.24, 2.45) is 0 Å². The fraction of sp³-hybridized carbons (Fsp3) is 0.417. The van der Waals surface area contributed by atoms with Crippen LogP contribution in [-0.2, 0) is 9.53 Å². The van der Waals surface area contributed by atoms with Crippen molar-refractivity contribution in [2.75, 3.05) is 33.5 Å². The van der Waals surface area contributed by atoms with Crippen LogP contribution in [0.25, 0.3) is 0 Å². The summed E-state index contributed by atoms with van der Waals surface area (Å²) in [6, 6.07) is 13.6. The van der Waals surface area contributed by atoms with Gasteiger partial charge in [-0.1, -0.05) is 18.2 Å². The molecule has 0 aromatic heterocycles. The zero-order valence-corrected chi connectivity index (χ0v) is 18.4. The first kappa shape index (κ1) is 23.6. The van der Waals surface area contributed by atoms with E-state index in [9.17, 15) is 9.59 Å². The molecule has 2 aromatic rings. The molecule has 172 valence electrons. The molecule has 1 heterocycles. The van der Waals surface area contributed by atoms with E-state index < -0.39 is 11.5 Å². The van der Waals surface area contributed by atoms with E-state index in [1.165, 1.54) is 0 Å². The van der Waals surface area contributed by atoms with Gasteiger partial charge in [-0.05, 0) is 49.6 Å². The molecule has 1 atom stereocenters.